The van der Waals surface area contributed by atoms with Gasteiger partial charge in [-0.25, -0.2) is 0 Å². The van der Waals surface area contributed by atoms with Crippen LogP contribution in [0.15, 0.2) is 11.6 Å². The summed E-state index contributed by atoms with van der Waals surface area (Å²) >= 11 is 0. The van der Waals surface area contributed by atoms with E-state index < -0.39 is 8.32 Å². The van der Waals surface area contributed by atoms with Crippen LogP contribution in [0.1, 0.15) is 52.4 Å². The van der Waals surface area contributed by atoms with Crippen molar-refractivity contribution in [3.05, 3.63) is 11.6 Å². The van der Waals surface area contributed by atoms with Crippen molar-refractivity contribution in [1.29, 1.82) is 0 Å². The molecule has 0 bridgehead atoms. The van der Waals surface area contributed by atoms with Gasteiger partial charge in [0.05, 0.1) is 0 Å². The molecule has 94 valence electrons. The topological polar surface area (TPSA) is 9.23 Å². The first kappa shape index (κ1) is 14.0. The molecule has 0 aromatic rings. The van der Waals surface area contributed by atoms with Crippen molar-refractivity contribution in [2.75, 3.05) is 6.61 Å². The van der Waals surface area contributed by atoms with Crippen molar-refractivity contribution in [3.8, 4) is 0 Å². The smallest absolute Gasteiger partial charge is 0.193 e. The van der Waals surface area contributed by atoms with Crippen molar-refractivity contribution in [2.24, 2.45) is 0 Å². The SMILES string of the molecule is CCCCCC/C=C1\CCO[Si](C)(C)C1C. The summed E-state index contributed by atoms with van der Waals surface area (Å²) in [5, 5.41) is 0. The molecule has 1 rings (SSSR count). The van der Waals surface area contributed by atoms with Gasteiger partial charge >= 0.3 is 0 Å². The Hall–Kier alpha value is -0.0831. The van der Waals surface area contributed by atoms with E-state index in [1.165, 1.54) is 38.5 Å². The molecule has 16 heavy (non-hydrogen) atoms. The van der Waals surface area contributed by atoms with Gasteiger partial charge in [-0.15, -0.1) is 0 Å². The van der Waals surface area contributed by atoms with E-state index in [-0.39, 0.29) is 0 Å². The van der Waals surface area contributed by atoms with E-state index in [0.29, 0.717) is 5.54 Å². The number of allylic oxidation sites excluding steroid dienone is 1. The van der Waals surface area contributed by atoms with Crippen LogP contribution in [0.25, 0.3) is 0 Å². The van der Waals surface area contributed by atoms with Gasteiger partial charge in [-0.1, -0.05) is 44.8 Å². The maximum Gasteiger partial charge on any atom is 0.193 e. The highest BCUT2D eigenvalue weighted by atomic mass is 28.4. The Morgan fingerprint density at radius 1 is 1.31 bits per heavy atom. The van der Waals surface area contributed by atoms with Gasteiger partial charge in [0.25, 0.3) is 0 Å². The van der Waals surface area contributed by atoms with Crippen molar-refractivity contribution in [2.45, 2.75) is 71.0 Å². The lowest BCUT2D eigenvalue weighted by Crippen LogP contribution is -2.40. The Labute approximate surface area is 102 Å². The Kier molecular flexibility index (Phi) is 5.77. The largest absolute Gasteiger partial charge is 0.416 e. The third-order valence-electron chi connectivity index (χ3n) is 3.93. The summed E-state index contributed by atoms with van der Waals surface area (Å²) in [6.45, 7) is 10.3. The molecule has 1 heterocycles. The Bertz CT molecular complexity index is 233. The summed E-state index contributed by atoms with van der Waals surface area (Å²) in [7, 11) is -1.40. The highest BCUT2D eigenvalue weighted by molar-refractivity contribution is 6.73. The van der Waals surface area contributed by atoms with Gasteiger partial charge in [0.2, 0.25) is 0 Å². The molecule has 2 heteroatoms. The van der Waals surface area contributed by atoms with E-state index in [4.69, 9.17) is 4.43 Å². The Morgan fingerprint density at radius 2 is 2.06 bits per heavy atom. The van der Waals surface area contributed by atoms with E-state index in [2.05, 4.69) is 33.0 Å². The highest BCUT2D eigenvalue weighted by Crippen LogP contribution is 2.36. The third-order valence-corrected chi connectivity index (χ3v) is 7.33. The lowest BCUT2D eigenvalue weighted by molar-refractivity contribution is 0.285. The van der Waals surface area contributed by atoms with Crippen LogP contribution in [-0.4, -0.2) is 14.9 Å². The molecule has 1 atom stereocenters. The van der Waals surface area contributed by atoms with Crippen LogP contribution >= 0.6 is 0 Å². The predicted molar refractivity (Wildman–Crippen MR) is 74.3 cm³/mol. The van der Waals surface area contributed by atoms with E-state index in [1.54, 1.807) is 5.57 Å². The van der Waals surface area contributed by atoms with Crippen molar-refractivity contribution < 1.29 is 4.43 Å². The van der Waals surface area contributed by atoms with Crippen LogP contribution in [0, 0.1) is 0 Å². The molecule has 1 aliphatic heterocycles. The molecule has 0 N–H and O–H groups in total. The number of rotatable bonds is 5. The summed E-state index contributed by atoms with van der Waals surface area (Å²) in [6.07, 6.45) is 10.5. The van der Waals surface area contributed by atoms with Gasteiger partial charge in [0.15, 0.2) is 8.32 Å². The summed E-state index contributed by atoms with van der Waals surface area (Å²) in [6, 6.07) is 0. The minimum atomic E-state index is -1.40. The molecule has 0 saturated carbocycles. The van der Waals surface area contributed by atoms with Crippen molar-refractivity contribution in [3.63, 3.8) is 0 Å². The van der Waals surface area contributed by atoms with E-state index >= 15 is 0 Å². The summed E-state index contributed by atoms with van der Waals surface area (Å²) in [4.78, 5) is 0. The minimum absolute atomic E-state index is 0.715. The monoisotopic (exact) mass is 240 g/mol. The fraction of sp³-hybridized carbons (Fsp3) is 0.857. The van der Waals surface area contributed by atoms with Crippen LogP contribution in [0.3, 0.4) is 0 Å². The second-order valence-electron chi connectivity index (χ2n) is 5.55. The van der Waals surface area contributed by atoms with Crippen LogP contribution in [-0.2, 0) is 4.43 Å². The van der Waals surface area contributed by atoms with Gasteiger partial charge in [0, 0.05) is 6.61 Å². The zero-order chi connectivity index (χ0) is 12.0. The second kappa shape index (κ2) is 6.60. The molecule has 0 aromatic carbocycles. The van der Waals surface area contributed by atoms with Gasteiger partial charge in [-0.3, -0.25) is 0 Å². The van der Waals surface area contributed by atoms with Gasteiger partial charge < -0.3 is 4.43 Å². The summed E-state index contributed by atoms with van der Waals surface area (Å²) < 4.78 is 5.95. The first-order valence-corrected chi connectivity index (χ1v) is 9.89. The molecule has 1 nitrogen and oxygen atoms in total. The molecule has 1 aliphatic rings. The number of hydrogen-bond acceptors (Lipinski definition) is 1. The third kappa shape index (κ3) is 4.06. The maximum atomic E-state index is 5.95. The molecule has 1 fully saturated rings. The summed E-state index contributed by atoms with van der Waals surface area (Å²) in [5.74, 6) is 0. The van der Waals surface area contributed by atoms with E-state index in [0.717, 1.165) is 6.61 Å². The fourth-order valence-corrected chi connectivity index (χ4v) is 4.39. The zero-order valence-electron chi connectivity index (χ0n) is 11.5. The molecule has 0 aliphatic carbocycles. The normalized spacial score (nSPS) is 27.2. The molecule has 0 aromatic heterocycles. The number of hydrogen-bond donors (Lipinski definition) is 0. The summed E-state index contributed by atoms with van der Waals surface area (Å²) in [5.41, 5.74) is 2.40. The first-order valence-electron chi connectivity index (χ1n) is 6.91. The highest BCUT2D eigenvalue weighted by Gasteiger charge is 2.35. The molecule has 0 radical (unpaired) electrons. The first-order chi connectivity index (χ1) is 7.58. The van der Waals surface area contributed by atoms with Gasteiger partial charge in [-0.05, 0) is 37.9 Å². The number of unbranched alkanes of at least 4 members (excludes halogenated alkanes) is 4. The van der Waals surface area contributed by atoms with Crippen LogP contribution in [0.2, 0.25) is 18.6 Å². The fourth-order valence-electron chi connectivity index (χ4n) is 2.36. The standard InChI is InChI=1S/C14H28OSi/c1-5-6-7-8-9-10-14-11-12-15-16(3,4)13(14)2/h10,13H,5-9,11-12H2,1-4H3/b14-10+. The lowest BCUT2D eigenvalue weighted by Gasteiger charge is -2.36. The lowest BCUT2D eigenvalue weighted by atomic mass is 10.1. The van der Waals surface area contributed by atoms with Gasteiger partial charge in [0.1, 0.15) is 0 Å². The second-order valence-corrected chi connectivity index (χ2v) is 9.91. The average Bonchev–Trinajstić information content (AvgIpc) is 2.24. The van der Waals surface area contributed by atoms with Crippen LogP contribution in [0.5, 0.6) is 0 Å². The zero-order valence-corrected chi connectivity index (χ0v) is 12.5. The molecular weight excluding hydrogens is 212 g/mol. The predicted octanol–water partition coefficient (Wildman–Crippen LogP) is 4.90. The average molecular weight is 240 g/mol. The minimum Gasteiger partial charge on any atom is -0.416 e. The molecule has 1 saturated heterocycles. The van der Waals surface area contributed by atoms with Gasteiger partial charge in [-0.2, -0.15) is 0 Å². The molecule has 0 amide bonds. The van der Waals surface area contributed by atoms with Crippen LogP contribution < -0.4 is 0 Å². The Balaban J connectivity index is 2.37. The quantitative estimate of drug-likeness (QED) is 0.377. The molecule has 0 spiro atoms. The molecule has 1 unspecified atom stereocenters. The van der Waals surface area contributed by atoms with Crippen molar-refractivity contribution >= 4 is 8.32 Å². The van der Waals surface area contributed by atoms with E-state index in [1.807, 2.05) is 0 Å². The molecular formula is C14H28OSi. The van der Waals surface area contributed by atoms with Crippen molar-refractivity contribution in [1.82, 2.24) is 0 Å². The Morgan fingerprint density at radius 3 is 2.75 bits per heavy atom. The maximum absolute atomic E-state index is 5.95. The van der Waals surface area contributed by atoms with Crippen LogP contribution in [0.4, 0.5) is 0 Å². The van der Waals surface area contributed by atoms with E-state index in [9.17, 15) is 0 Å².